The molecule has 28 heavy (non-hydrogen) atoms. The van der Waals surface area contributed by atoms with Crippen LogP contribution in [-0.4, -0.2) is 34.2 Å². The molecule has 152 valence electrons. The van der Waals surface area contributed by atoms with Crippen LogP contribution in [0.3, 0.4) is 0 Å². The second kappa shape index (κ2) is 7.81. The topological polar surface area (TPSA) is 83.6 Å². The summed E-state index contributed by atoms with van der Waals surface area (Å²) >= 11 is 0. The molecular formula is C19H23FN2O4S2. The molecule has 0 aliphatic carbocycles. The number of benzene rings is 2. The lowest BCUT2D eigenvalue weighted by molar-refractivity contribution is 0.222. The first-order chi connectivity index (χ1) is 13.1. The Morgan fingerprint density at radius 3 is 1.89 bits per heavy atom. The number of hydrogen-bond acceptors (Lipinski definition) is 4. The quantitative estimate of drug-likeness (QED) is 0.795. The Morgan fingerprint density at radius 2 is 1.36 bits per heavy atom. The third kappa shape index (κ3) is 4.53. The standard InChI is InChI=1S/C19H23FN2O4S2/c1-14-11-15(2)13-22(12-14)28(25,26)19-9-5-17(6-10-19)21-27(23,24)18-7-3-16(20)4-8-18/h3-10,14-15,21H,11-13H2,1-2H3. The van der Waals surface area contributed by atoms with Gasteiger partial charge in [0.2, 0.25) is 10.0 Å². The van der Waals surface area contributed by atoms with Crippen LogP contribution in [0.4, 0.5) is 10.1 Å². The predicted molar refractivity (Wildman–Crippen MR) is 105 cm³/mol. The Hall–Kier alpha value is -1.97. The smallest absolute Gasteiger partial charge is 0.261 e. The van der Waals surface area contributed by atoms with Gasteiger partial charge in [0.05, 0.1) is 9.79 Å². The molecule has 1 heterocycles. The number of sulfonamides is 2. The van der Waals surface area contributed by atoms with Gasteiger partial charge in [0.25, 0.3) is 10.0 Å². The van der Waals surface area contributed by atoms with E-state index in [9.17, 15) is 21.2 Å². The number of hydrogen-bond donors (Lipinski definition) is 1. The molecule has 0 amide bonds. The summed E-state index contributed by atoms with van der Waals surface area (Å²) in [5, 5.41) is 0. The van der Waals surface area contributed by atoms with Crippen molar-refractivity contribution in [3.8, 4) is 0 Å². The van der Waals surface area contributed by atoms with Gasteiger partial charge in [-0.1, -0.05) is 13.8 Å². The second-order valence-electron chi connectivity index (χ2n) is 7.35. The van der Waals surface area contributed by atoms with E-state index in [-0.39, 0.29) is 15.5 Å². The van der Waals surface area contributed by atoms with E-state index in [0.717, 1.165) is 30.7 Å². The molecule has 2 unspecified atom stereocenters. The average Bonchev–Trinajstić information content (AvgIpc) is 2.61. The lowest BCUT2D eigenvalue weighted by Gasteiger charge is -2.34. The van der Waals surface area contributed by atoms with Crippen LogP contribution in [-0.2, 0) is 20.0 Å². The van der Waals surface area contributed by atoms with Crippen LogP contribution in [0.1, 0.15) is 20.3 Å². The number of rotatable bonds is 5. The molecule has 1 N–H and O–H groups in total. The van der Waals surface area contributed by atoms with Gasteiger partial charge in [-0.05, 0) is 66.8 Å². The maximum absolute atomic E-state index is 13.0. The molecule has 1 aliphatic rings. The second-order valence-corrected chi connectivity index (χ2v) is 11.0. The molecular weight excluding hydrogens is 403 g/mol. The molecule has 1 fully saturated rings. The SMILES string of the molecule is CC1CC(C)CN(S(=O)(=O)c2ccc(NS(=O)(=O)c3ccc(F)cc3)cc2)C1. The summed E-state index contributed by atoms with van der Waals surface area (Å²) < 4.78 is 67.3. The Bertz CT molecular complexity index is 1030. The molecule has 3 rings (SSSR count). The minimum Gasteiger partial charge on any atom is -0.280 e. The van der Waals surface area contributed by atoms with Crippen molar-refractivity contribution in [1.29, 1.82) is 0 Å². The molecule has 0 bridgehead atoms. The van der Waals surface area contributed by atoms with Crippen LogP contribution >= 0.6 is 0 Å². The fraction of sp³-hybridized carbons (Fsp3) is 0.368. The molecule has 1 aliphatic heterocycles. The fourth-order valence-electron chi connectivity index (χ4n) is 3.47. The van der Waals surface area contributed by atoms with Crippen molar-refractivity contribution in [3.63, 3.8) is 0 Å². The van der Waals surface area contributed by atoms with Crippen LogP contribution in [0, 0.1) is 17.7 Å². The Labute approximate surface area is 165 Å². The number of nitrogens with one attached hydrogen (secondary N) is 1. The van der Waals surface area contributed by atoms with E-state index >= 15 is 0 Å². The van der Waals surface area contributed by atoms with E-state index in [1.807, 2.05) is 13.8 Å². The van der Waals surface area contributed by atoms with Gasteiger partial charge in [0.15, 0.2) is 0 Å². The van der Waals surface area contributed by atoms with Gasteiger partial charge in [0.1, 0.15) is 5.82 Å². The summed E-state index contributed by atoms with van der Waals surface area (Å²) in [6, 6.07) is 10.0. The molecule has 0 spiro atoms. The molecule has 9 heteroatoms. The van der Waals surface area contributed by atoms with Crippen LogP contribution in [0.15, 0.2) is 58.3 Å². The zero-order chi connectivity index (χ0) is 20.5. The fourth-order valence-corrected chi connectivity index (χ4v) is 6.21. The van der Waals surface area contributed by atoms with Crippen molar-refractivity contribution in [2.45, 2.75) is 30.1 Å². The molecule has 0 saturated carbocycles. The lowest BCUT2D eigenvalue weighted by Crippen LogP contribution is -2.42. The van der Waals surface area contributed by atoms with Crippen molar-refractivity contribution >= 4 is 25.7 Å². The normalized spacial score (nSPS) is 21.4. The highest BCUT2D eigenvalue weighted by Gasteiger charge is 2.31. The van der Waals surface area contributed by atoms with Crippen molar-refractivity contribution in [2.24, 2.45) is 11.8 Å². The summed E-state index contributed by atoms with van der Waals surface area (Å²) in [5.41, 5.74) is 0.226. The highest BCUT2D eigenvalue weighted by atomic mass is 32.2. The van der Waals surface area contributed by atoms with Crippen molar-refractivity contribution in [1.82, 2.24) is 4.31 Å². The van der Waals surface area contributed by atoms with Gasteiger partial charge in [-0.25, -0.2) is 21.2 Å². The number of piperidine rings is 1. The summed E-state index contributed by atoms with van der Waals surface area (Å²) in [7, 11) is -7.52. The van der Waals surface area contributed by atoms with Gasteiger partial charge < -0.3 is 0 Å². The highest BCUT2D eigenvalue weighted by molar-refractivity contribution is 7.92. The summed E-state index contributed by atoms with van der Waals surface area (Å²) in [6.07, 6.45) is 0.996. The molecule has 0 aromatic heterocycles. The Balaban J connectivity index is 1.78. The van der Waals surface area contributed by atoms with Gasteiger partial charge >= 0.3 is 0 Å². The molecule has 2 aromatic carbocycles. The van der Waals surface area contributed by atoms with E-state index in [0.29, 0.717) is 24.9 Å². The maximum atomic E-state index is 13.0. The molecule has 1 saturated heterocycles. The van der Waals surface area contributed by atoms with Crippen molar-refractivity contribution in [3.05, 3.63) is 54.3 Å². The maximum Gasteiger partial charge on any atom is 0.261 e. The highest BCUT2D eigenvalue weighted by Crippen LogP contribution is 2.27. The summed E-state index contributed by atoms with van der Waals surface area (Å²) in [5.74, 6) is 0.0514. The van der Waals surface area contributed by atoms with Gasteiger partial charge in [0, 0.05) is 18.8 Å². The van der Waals surface area contributed by atoms with E-state index in [1.165, 1.54) is 28.6 Å². The number of anilines is 1. The van der Waals surface area contributed by atoms with Crippen LogP contribution in [0.5, 0.6) is 0 Å². The largest absolute Gasteiger partial charge is 0.280 e. The average molecular weight is 427 g/mol. The lowest BCUT2D eigenvalue weighted by atomic mass is 9.94. The summed E-state index contributed by atoms with van der Waals surface area (Å²) in [6.45, 7) is 5.02. The first-order valence-corrected chi connectivity index (χ1v) is 11.9. The molecule has 6 nitrogen and oxygen atoms in total. The minimum absolute atomic E-state index is 0.0816. The zero-order valence-electron chi connectivity index (χ0n) is 15.7. The monoisotopic (exact) mass is 426 g/mol. The summed E-state index contributed by atoms with van der Waals surface area (Å²) in [4.78, 5) is 0.0421. The van der Waals surface area contributed by atoms with E-state index in [2.05, 4.69) is 4.72 Å². The Kier molecular flexibility index (Phi) is 5.79. The van der Waals surface area contributed by atoms with Crippen molar-refractivity contribution < 1.29 is 21.2 Å². The van der Waals surface area contributed by atoms with E-state index < -0.39 is 25.9 Å². The van der Waals surface area contributed by atoms with Crippen LogP contribution in [0.2, 0.25) is 0 Å². The molecule has 2 atom stereocenters. The zero-order valence-corrected chi connectivity index (χ0v) is 17.3. The van der Waals surface area contributed by atoms with E-state index in [4.69, 9.17) is 0 Å². The van der Waals surface area contributed by atoms with Crippen LogP contribution < -0.4 is 4.72 Å². The minimum atomic E-state index is -3.89. The first-order valence-electron chi connectivity index (χ1n) is 8.96. The first kappa shape index (κ1) is 20.8. The van der Waals surface area contributed by atoms with Gasteiger partial charge in [-0.2, -0.15) is 4.31 Å². The van der Waals surface area contributed by atoms with Crippen LogP contribution in [0.25, 0.3) is 0 Å². The molecule has 2 aromatic rings. The molecule has 0 radical (unpaired) electrons. The Morgan fingerprint density at radius 1 is 0.857 bits per heavy atom. The third-order valence-electron chi connectivity index (χ3n) is 4.70. The number of halogens is 1. The number of nitrogens with zero attached hydrogens (tertiary/aromatic N) is 1. The predicted octanol–water partition coefficient (Wildman–Crippen LogP) is 3.29. The van der Waals surface area contributed by atoms with E-state index in [1.54, 1.807) is 0 Å². The van der Waals surface area contributed by atoms with Gasteiger partial charge in [-0.15, -0.1) is 0 Å². The van der Waals surface area contributed by atoms with Crippen molar-refractivity contribution in [2.75, 3.05) is 17.8 Å². The van der Waals surface area contributed by atoms with Gasteiger partial charge in [-0.3, -0.25) is 4.72 Å². The third-order valence-corrected chi connectivity index (χ3v) is 7.95.